The van der Waals surface area contributed by atoms with Gasteiger partial charge in [-0.05, 0) is 56.1 Å². The largest absolute Gasteiger partial charge is 0.361 e. The minimum absolute atomic E-state index is 0.635. The maximum absolute atomic E-state index is 4.50. The Kier molecular flexibility index (Phi) is 3.78. The van der Waals surface area contributed by atoms with E-state index in [9.17, 15) is 0 Å². The number of aromatic nitrogens is 3. The Morgan fingerprint density at radius 2 is 2.12 bits per heavy atom. The molecule has 0 radical (unpaired) electrons. The number of benzene rings is 1. The second-order valence-electron chi connectivity index (χ2n) is 6.23. The van der Waals surface area contributed by atoms with Gasteiger partial charge in [0.15, 0.2) is 0 Å². The summed E-state index contributed by atoms with van der Waals surface area (Å²) < 4.78 is 0. The zero-order chi connectivity index (χ0) is 16.5. The van der Waals surface area contributed by atoms with Crippen molar-refractivity contribution < 1.29 is 0 Å². The van der Waals surface area contributed by atoms with Crippen LogP contribution in [-0.2, 0) is 0 Å². The Morgan fingerprint density at radius 3 is 2.92 bits per heavy atom. The van der Waals surface area contributed by atoms with Gasteiger partial charge in [0.25, 0.3) is 0 Å². The molecule has 0 aliphatic carbocycles. The zero-order valence-electron chi connectivity index (χ0n) is 14.0. The van der Waals surface area contributed by atoms with Gasteiger partial charge < -0.3 is 15.6 Å². The summed E-state index contributed by atoms with van der Waals surface area (Å²) in [7, 11) is 0. The lowest BCUT2D eigenvalue weighted by molar-refractivity contribution is 0.739. The quantitative estimate of drug-likeness (QED) is 0.689. The smallest absolute Gasteiger partial charge is 0.227 e. The lowest BCUT2D eigenvalue weighted by atomic mass is 9.99. The number of aromatic amines is 1. The van der Waals surface area contributed by atoms with E-state index in [0.717, 1.165) is 42.0 Å². The van der Waals surface area contributed by atoms with Crippen LogP contribution in [0.5, 0.6) is 0 Å². The van der Waals surface area contributed by atoms with Gasteiger partial charge in [0.2, 0.25) is 5.95 Å². The molecular weight excluding hydrogens is 298 g/mol. The molecule has 0 spiro atoms. The Morgan fingerprint density at radius 1 is 1.21 bits per heavy atom. The summed E-state index contributed by atoms with van der Waals surface area (Å²) in [6.07, 6.45) is 7.30. The summed E-state index contributed by atoms with van der Waals surface area (Å²) in [5.74, 6) is 0.635. The molecule has 0 saturated heterocycles. The first kappa shape index (κ1) is 14.9. The molecule has 1 aliphatic heterocycles. The molecular formula is C19H21N5. The number of nitrogens with zero attached hydrogens (tertiary/aromatic N) is 2. The molecule has 0 fully saturated rings. The van der Waals surface area contributed by atoms with E-state index in [1.165, 1.54) is 16.5 Å². The summed E-state index contributed by atoms with van der Waals surface area (Å²) in [6, 6.07) is 6.32. The predicted molar refractivity (Wildman–Crippen MR) is 98.6 cm³/mol. The molecule has 2 aromatic heterocycles. The molecule has 3 N–H and O–H groups in total. The minimum Gasteiger partial charge on any atom is -0.361 e. The summed E-state index contributed by atoms with van der Waals surface area (Å²) in [4.78, 5) is 12.2. The van der Waals surface area contributed by atoms with E-state index in [2.05, 4.69) is 56.1 Å². The van der Waals surface area contributed by atoms with E-state index < -0.39 is 0 Å². The van der Waals surface area contributed by atoms with Crippen LogP contribution in [0.3, 0.4) is 0 Å². The third-order valence-corrected chi connectivity index (χ3v) is 4.57. The highest BCUT2D eigenvalue weighted by molar-refractivity contribution is 5.95. The van der Waals surface area contributed by atoms with Crippen molar-refractivity contribution >= 4 is 28.1 Å². The maximum Gasteiger partial charge on any atom is 0.227 e. The van der Waals surface area contributed by atoms with Gasteiger partial charge in [-0.3, -0.25) is 0 Å². The number of hydrogen-bond donors (Lipinski definition) is 3. The predicted octanol–water partition coefficient (Wildman–Crippen LogP) is 3.70. The minimum atomic E-state index is 0.635. The highest BCUT2D eigenvalue weighted by Crippen LogP contribution is 2.30. The van der Waals surface area contributed by atoms with Crippen molar-refractivity contribution in [2.75, 3.05) is 18.4 Å². The van der Waals surface area contributed by atoms with E-state index in [1.807, 2.05) is 20.0 Å². The molecule has 0 atom stereocenters. The fourth-order valence-electron chi connectivity index (χ4n) is 3.05. The van der Waals surface area contributed by atoms with Crippen LogP contribution in [0.1, 0.15) is 23.2 Å². The van der Waals surface area contributed by atoms with E-state index >= 15 is 0 Å². The maximum atomic E-state index is 4.50. The number of anilines is 2. The van der Waals surface area contributed by atoms with Crippen molar-refractivity contribution in [3.05, 3.63) is 53.5 Å². The van der Waals surface area contributed by atoms with Crippen molar-refractivity contribution in [3.63, 3.8) is 0 Å². The van der Waals surface area contributed by atoms with Gasteiger partial charge in [0.1, 0.15) is 0 Å². The molecule has 122 valence electrons. The summed E-state index contributed by atoms with van der Waals surface area (Å²) in [5, 5.41) is 7.91. The van der Waals surface area contributed by atoms with Gasteiger partial charge in [0, 0.05) is 46.8 Å². The second kappa shape index (κ2) is 6.09. The topological polar surface area (TPSA) is 65.6 Å². The van der Waals surface area contributed by atoms with Gasteiger partial charge in [0.05, 0.1) is 0 Å². The standard InChI is InChI=1S/C19H21N5/c1-12-10-22-19(23-13(12)2)24-15-3-4-18-16(9-15)17(11-21-18)14-5-7-20-8-6-14/h3-5,9-11,20-21H,6-8H2,1-2H3,(H,22,23,24). The summed E-state index contributed by atoms with van der Waals surface area (Å²) >= 11 is 0. The Hall–Kier alpha value is -2.66. The van der Waals surface area contributed by atoms with Crippen molar-refractivity contribution in [2.24, 2.45) is 0 Å². The normalized spacial score (nSPS) is 14.7. The highest BCUT2D eigenvalue weighted by Gasteiger charge is 2.12. The number of rotatable bonds is 3. The molecule has 3 heterocycles. The van der Waals surface area contributed by atoms with Crippen molar-refractivity contribution in [1.29, 1.82) is 0 Å². The van der Waals surface area contributed by atoms with Crippen LogP contribution in [0.4, 0.5) is 11.6 Å². The molecule has 0 saturated carbocycles. The molecule has 3 aromatic rings. The van der Waals surface area contributed by atoms with Gasteiger partial charge in [-0.2, -0.15) is 0 Å². The summed E-state index contributed by atoms with van der Waals surface area (Å²) in [5.41, 5.74) is 6.94. The van der Waals surface area contributed by atoms with Crippen molar-refractivity contribution in [2.45, 2.75) is 20.3 Å². The third-order valence-electron chi connectivity index (χ3n) is 4.57. The molecule has 0 unspecified atom stereocenters. The second-order valence-corrected chi connectivity index (χ2v) is 6.23. The molecule has 4 rings (SSSR count). The average Bonchev–Trinajstić information content (AvgIpc) is 3.02. The lowest BCUT2D eigenvalue weighted by Gasteiger charge is -2.13. The SMILES string of the molecule is Cc1cnc(Nc2ccc3[nH]cc(C4=CCNCC4)c3c2)nc1C. The number of H-pyrrole nitrogens is 1. The van der Waals surface area contributed by atoms with Gasteiger partial charge in [-0.15, -0.1) is 0 Å². The Balaban J connectivity index is 1.69. The highest BCUT2D eigenvalue weighted by atomic mass is 15.1. The van der Waals surface area contributed by atoms with Gasteiger partial charge in [-0.1, -0.05) is 6.08 Å². The first-order chi connectivity index (χ1) is 11.7. The third kappa shape index (κ3) is 2.78. The summed E-state index contributed by atoms with van der Waals surface area (Å²) in [6.45, 7) is 5.99. The van der Waals surface area contributed by atoms with Crippen molar-refractivity contribution in [3.8, 4) is 0 Å². The van der Waals surface area contributed by atoms with E-state index in [0.29, 0.717) is 5.95 Å². The fourth-order valence-corrected chi connectivity index (χ4v) is 3.05. The molecule has 1 aromatic carbocycles. The number of fused-ring (bicyclic) bond motifs is 1. The molecule has 0 amide bonds. The Labute approximate surface area is 141 Å². The Bertz CT molecular complexity index is 923. The first-order valence-corrected chi connectivity index (χ1v) is 8.29. The van der Waals surface area contributed by atoms with Crippen LogP contribution in [-0.4, -0.2) is 28.0 Å². The van der Waals surface area contributed by atoms with Crippen LogP contribution in [0.25, 0.3) is 16.5 Å². The van der Waals surface area contributed by atoms with Gasteiger partial charge >= 0.3 is 0 Å². The fraction of sp³-hybridized carbons (Fsp3) is 0.263. The molecule has 5 nitrogen and oxygen atoms in total. The van der Waals surface area contributed by atoms with E-state index in [4.69, 9.17) is 0 Å². The number of hydrogen-bond acceptors (Lipinski definition) is 4. The van der Waals surface area contributed by atoms with Gasteiger partial charge in [-0.25, -0.2) is 9.97 Å². The first-order valence-electron chi connectivity index (χ1n) is 8.29. The molecule has 5 heteroatoms. The number of aryl methyl sites for hydroxylation is 2. The van der Waals surface area contributed by atoms with Crippen LogP contribution in [0.2, 0.25) is 0 Å². The lowest BCUT2D eigenvalue weighted by Crippen LogP contribution is -2.19. The van der Waals surface area contributed by atoms with E-state index in [1.54, 1.807) is 0 Å². The average molecular weight is 319 g/mol. The molecule has 1 aliphatic rings. The van der Waals surface area contributed by atoms with Crippen LogP contribution >= 0.6 is 0 Å². The van der Waals surface area contributed by atoms with Crippen molar-refractivity contribution in [1.82, 2.24) is 20.3 Å². The van der Waals surface area contributed by atoms with Crippen LogP contribution in [0.15, 0.2) is 36.7 Å². The number of nitrogens with one attached hydrogen (secondary N) is 3. The zero-order valence-corrected chi connectivity index (χ0v) is 14.0. The molecule has 24 heavy (non-hydrogen) atoms. The molecule has 0 bridgehead atoms. The van der Waals surface area contributed by atoms with Crippen LogP contribution < -0.4 is 10.6 Å². The van der Waals surface area contributed by atoms with Crippen LogP contribution in [0, 0.1) is 13.8 Å². The van der Waals surface area contributed by atoms with E-state index in [-0.39, 0.29) is 0 Å². The monoisotopic (exact) mass is 319 g/mol.